The molecule has 0 aliphatic heterocycles. The third-order valence-corrected chi connectivity index (χ3v) is 4.48. The molecule has 0 aliphatic carbocycles. The Morgan fingerprint density at radius 3 is 2.86 bits per heavy atom. The highest BCUT2D eigenvalue weighted by atomic mass is 35.5. The summed E-state index contributed by atoms with van der Waals surface area (Å²) in [7, 11) is 0. The van der Waals surface area contributed by atoms with Crippen molar-refractivity contribution in [2.24, 2.45) is 0 Å². The molecule has 22 heavy (non-hydrogen) atoms. The number of benzene rings is 2. The first-order valence-electron chi connectivity index (χ1n) is 6.86. The molecule has 0 fully saturated rings. The second-order valence-electron chi connectivity index (χ2n) is 4.65. The van der Waals surface area contributed by atoms with Crippen LogP contribution in [0, 0.1) is 0 Å². The monoisotopic (exact) mass is 334 g/mol. The topological polar surface area (TPSA) is 58.1 Å². The third kappa shape index (κ3) is 3.38. The molecule has 0 spiro atoms. The Bertz CT molecular complexity index is 743. The van der Waals surface area contributed by atoms with E-state index in [1.54, 1.807) is 17.8 Å². The Morgan fingerprint density at radius 2 is 2.05 bits per heavy atom. The summed E-state index contributed by atoms with van der Waals surface area (Å²) in [5, 5.41) is 10.3. The van der Waals surface area contributed by atoms with E-state index in [1.807, 2.05) is 36.4 Å². The molecule has 0 atom stereocenters. The number of thioether (sulfide) groups is 1. The van der Waals surface area contributed by atoms with Crippen LogP contribution in [0.5, 0.6) is 5.75 Å². The predicted octanol–water partition coefficient (Wildman–Crippen LogP) is 3.88. The summed E-state index contributed by atoms with van der Waals surface area (Å²) in [6.07, 6.45) is 0. The summed E-state index contributed by atoms with van der Waals surface area (Å²) in [5.41, 5.74) is 2.95. The minimum absolute atomic E-state index is 0.0334. The molecule has 1 aromatic heterocycles. The average Bonchev–Trinajstić information content (AvgIpc) is 2.95. The maximum absolute atomic E-state index is 8.82. The van der Waals surface area contributed by atoms with Crippen LogP contribution in [-0.4, -0.2) is 28.3 Å². The van der Waals surface area contributed by atoms with Gasteiger partial charge in [0.2, 0.25) is 0 Å². The van der Waals surface area contributed by atoms with Crippen LogP contribution in [0.4, 0.5) is 0 Å². The number of halogens is 1. The second kappa shape index (κ2) is 7.05. The minimum atomic E-state index is -0.0334. The van der Waals surface area contributed by atoms with Crippen LogP contribution < -0.4 is 4.74 Å². The Hall–Kier alpha value is -1.69. The summed E-state index contributed by atoms with van der Waals surface area (Å²) in [6.45, 7) is 0.203. The number of hydrogen-bond acceptors (Lipinski definition) is 4. The Labute approximate surface area is 137 Å². The molecule has 0 radical (unpaired) electrons. The van der Waals surface area contributed by atoms with Crippen molar-refractivity contribution in [2.75, 3.05) is 13.2 Å². The van der Waals surface area contributed by atoms with Gasteiger partial charge in [-0.25, -0.2) is 4.98 Å². The number of nitrogens with one attached hydrogen (secondary N) is 1. The Kier molecular flexibility index (Phi) is 4.87. The molecule has 3 aromatic rings. The highest BCUT2D eigenvalue weighted by Gasteiger charge is 2.09. The lowest BCUT2D eigenvalue weighted by molar-refractivity contribution is 0.201. The van der Waals surface area contributed by atoms with Gasteiger partial charge in [-0.15, -0.1) is 0 Å². The van der Waals surface area contributed by atoms with Gasteiger partial charge in [-0.2, -0.15) is 0 Å². The number of imidazole rings is 1. The van der Waals surface area contributed by atoms with Gasteiger partial charge in [-0.1, -0.05) is 47.6 Å². The number of aliphatic hydroxyl groups excluding tert-OH is 1. The maximum Gasteiger partial charge on any atom is 0.166 e. The number of nitrogens with zero attached hydrogens (tertiary/aromatic N) is 1. The molecule has 1 heterocycles. The van der Waals surface area contributed by atoms with E-state index in [2.05, 4.69) is 9.97 Å². The molecule has 114 valence electrons. The molecule has 0 amide bonds. The fourth-order valence-corrected chi connectivity index (χ4v) is 3.28. The van der Waals surface area contributed by atoms with Crippen LogP contribution in [0.2, 0.25) is 5.02 Å². The molecule has 4 nitrogen and oxygen atoms in total. The number of ether oxygens (including phenoxy) is 1. The smallest absolute Gasteiger partial charge is 0.166 e. The van der Waals surface area contributed by atoms with Crippen molar-refractivity contribution in [1.29, 1.82) is 0 Å². The summed E-state index contributed by atoms with van der Waals surface area (Å²) in [5.74, 6) is 1.29. The van der Waals surface area contributed by atoms with E-state index in [4.69, 9.17) is 21.4 Å². The van der Waals surface area contributed by atoms with Gasteiger partial charge in [0.15, 0.2) is 5.16 Å². The highest BCUT2D eigenvalue weighted by Crippen LogP contribution is 2.32. The van der Waals surface area contributed by atoms with Crippen LogP contribution in [0.25, 0.3) is 11.0 Å². The van der Waals surface area contributed by atoms with Crippen molar-refractivity contribution in [2.45, 2.75) is 10.9 Å². The zero-order valence-electron chi connectivity index (χ0n) is 11.8. The molecule has 2 aromatic carbocycles. The second-order valence-corrected chi connectivity index (χ2v) is 5.99. The molecule has 0 aliphatic rings. The number of aliphatic hydroxyl groups is 1. The fraction of sp³-hybridized carbons (Fsp3) is 0.188. The van der Waals surface area contributed by atoms with Gasteiger partial charge in [0, 0.05) is 5.75 Å². The van der Waals surface area contributed by atoms with Crippen LogP contribution in [0.1, 0.15) is 5.56 Å². The quantitative estimate of drug-likeness (QED) is 0.672. The molecule has 0 bridgehead atoms. The normalized spacial score (nSPS) is 11.0. The summed E-state index contributed by atoms with van der Waals surface area (Å²) in [6, 6.07) is 13.6. The largest absolute Gasteiger partial charge is 0.490 e. The number of fused-ring (bicyclic) bond motifs is 1. The zero-order chi connectivity index (χ0) is 15.4. The van der Waals surface area contributed by atoms with Crippen molar-refractivity contribution in [3.63, 3.8) is 0 Å². The number of aromatic nitrogens is 2. The Balaban J connectivity index is 1.73. The first-order chi connectivity index (χ1) is 10.8. The molecular formula is C16H15ClN2O2S. The van der Waals surface area contributed by atoms with Gasteiger partial charge < -0.3 is 14.8 Å². The fourth-order valence-electron chi connectivity index (χ4n) is 2.08. The van der Waals surface area contributed by atoms with Crippen LogP contribution in [0.15, 0.2) is 47.6 Å². The van der Waals surface area contributed by atoms with Gasteiger partial charge in [-0.05, 0) is 23.8 Å². The minimum Gasteiger partial charge on any atom is -0.490 e. The van der Waals surface area contributed by atoms with Crippen molar-refractivity contribution >= 4 is 34.4 Å². The lowest BCUT2D eigenvalue weighted by atomic mass is 10.2. The first kappa shape index (κ1) is 15.2. The lowest BCUT2D eigenvalue weighted by Crippen LogP contribution is -2.02. The van der Waals surface area contributed by atoms with E-state index in [9.17, 15) is 0 Å². The van der Waals surface area contributed by atoms with Crippen LogP contribution in [0.3, 0.4) is 0 Å². The predicted molar refractivity (Wildman–Crippen MR) is 89.7 cm³/mol. The van der Waals surface area contributed by atoms with Crippen molar-refractivity contribution in [3.8, 4) is 5.75 Å². The number of para-hydroxylation sites is 2. The van der Waals surface area contributed by atoms with Gasteiger partial charge in [-0.3, -0.25) is 0 Å². The van der Waals surface area contributed by atoms with E-state index >= 15 is 0 Å². The summed E-state index contributed by atoms with van der Waals surface area (Å²) >= 11 is 7.93. The standard InChI is InChI=1S/C16H15ClN2O2S/c17-15-11(4-3-7-14(15)21-9-8-20)10-22-16-18-12-5-1-2-6-13(12)19-16/h1-7,20H,8-10H2,(H,18,19). The molecule has 0 unspecified atom stereocenters. The number of H-pyrrole nitrogens is 1. The Morgan fingerprint density at radius 1 is 1.18 bits per heavy atom. The molecule has 3 rings (SSSR count). The highest BCUT2D eigenvalue weighted by molar-refractivity contribution is 7.98. The van der Waals surface area contributed by atoms with E-state index < -0.39 is 0 Å². The summed E-state index contributed by atoms with van der Waals surface area (Å²) < 4.78 is 5.41. The van der Waals surface area contributed by atoms with E-state index in [1.165, 1.54) is 0 Å². The van der Waals surface area contributed by atoms with E-state index in [-0.39, 0.29) is 13.2 Å². The molecular weight excluding hydrogens is 320 g/mol. The van der Waals surface area contributed by atoms with Gasteiger partial charge in [0.05, 0.1) is 22.7 Å². The van der Waals surface area contributed by atoms with Gasteiger partial charge >= 0.3 is 0 Å². The molecule has 0 saturated heterocycles. The van der Waals surface area contributed by atoms with E-state index in [0.717, 1.165) is 21.8 Å². The van der Waals surface area contributed by atoms with E-state index in [0.29, 0.717) is 16.5 Å². The maximum atomic E-state index is 8.82. The number of hydrogen-bond donors (Lipinski definition) is 2. The van der Waals surface area contributed by atoms with Gasteiger partial charge in [0.25, 0.3) is 0 Å². The van der Waals surface area contributed by atoms with Crippen molar-refractivity contribution in [1.82, 2.24) is 9.97 Å². The van der Waals surface area contributed by atoms with Gasteiger partial charge in [0.1, 0.15) is 12.4 Å². The lowest BCUT2D eigenvalue weighted by Gasteiger charge is -2.09. The molecule has 0 saturated carbocycles. The summed E-state index contributed by atoms with van der Waals surface area (Å²) in [4.78, 5) is 7.81. The van der Waals surface area contributed by atoms with Crippen LogP contribution in [-0.2, 0) is 5.75 Å². The molecule has 2 N–H and O–H groups in total. The average molecular weight is 335 g/mol. The third-order valence-electron chi connectivity index (χ3n) is 3.12. The van der Waals surface area contributed by atoms with Crippen molar-refractivity contribution in [3.05, 3.63) is 53.1 Å². The number of rotatable bonds is 6. The zero-order valence-corrected chi connectivity index (χ0v) is 13.3. The number of aromatic amines is 1. The van der Waals surface area contributed by atoms with Crippen LogP contribution >= 0.6 is 23.4 Å². The molecule has 6 heteroatoms. The van der Waals surface area contributed by atoms with Crippen molar-refractivity contribution < 1.29 is 9.84 Å². The SMILES string of the molecule is OCCOc1cccc(CSc2nc3ccccc3[nH]2)c1Cl. The first-order valence-corrected chi connectivity index (χ1v) is 8.23.